The van der Waals surface area contributed by atoms with Crippen molar-refractivity contribution in [3.8, 4) is 11.4 Å². The van der Waals surface area contributed by atoms with E-state index in [-0.39, 0.29) is 0 Å². The van der Waals surface area contributed by atoms with Gasteiger partial charge in [-0.25, -0.2) is 4.98 Å². The average Bonchev–Trinajstić information content (AvgIpc) is 2.86. The quantitative estimate of drug-likeness (QED) is 0.468. The van der Waals surface area contributed by atoms with Crippen LogP contribution in [0.1, 0.15) is 5.82 Å². The number of halogens is 2. The first-order valence-electron chi connectivity index (χ1n) is 6.61. The Morgan fingerprint density at radius 3 is 2.71 bits per heavy atom. The topological polar surface area (TPSA) is 27.1 Å². The summed E-state index contributed by atoms with van der Waals surface area (Å²) in [5, 5.41) is 0. The van der Waals surface area contributed by atoms with Gasteiger partial charge in [-0.15, -0.1) is 11.6 Å². The molecule has 3 nitrogen and oxygen atoms in total. The molecule has 0 unspecified atom stereocenters. The molecule has 0 fully saturated rings. The zero-order chi connectivity index (χ0) is 14.8. The number of benzene rings is 2. The highest BCUT2D eigenvalue weighted by Gasteiger charge is 2.16. The summed E-state index contributed by atoms with van der Waals surface area (Å²) in [5.74, 6) is 2.27. The lowest BCUT2D eigenvalue weighted by Crippen LogP contribution is -2.03. The third-order valence-corrected chi connectivity index (χ3v) is 4.45. The standard InChI is InChI=1S/C16H14ClIN2O/c1-21-14-8-4-7-13-16(14)19-15(9-10-17)20(13)12-6-3-2-5-11(12)18/h2-8H,9-10H2,1H3. The SMILES string of the molecule is COc1cccc2c1nc(CCCl)n2-c1ccccc1I. The second-order valence-electron chi connectivity index (χ2n) is 4.58. The van der Waals surface area contributed by atoms with Gasteiger partial charge >= 0.3 is 0 Å². The molecule has 0 N–H and O–H groups in total. The van der Waals surface area contributed by atoms with Gasteiger partial charge in [-0.2, -0.15) is 0 Å². The summed E-state index contributed by atoms with van der Waals surface area (Å²) in [7, 11) is 1.67. The summed E-state index contributed by atoms with van der Waals surface area (Å²) < 4.78 is 8.77. The van der Waals surface area contributed by atoms with Gasteiger partial charge in [-0.05, 0) is 46.9 Å². The Balaban J connectivity index is 2.34. The maximum atomic E-state index is 5.95. The van der Waals surface area contributed by atoms with Gasteiger partial charge in [0.15, 0.2) is 0 Å². The molecule has 1 aromatic heterocycles. The smallest absolute Gasteiger partial charge is 0.146 e. The van der Waals surface area contributed by atoms with Crippen molar-refractivity contribution in [3.63, 3.8) is 0 Å². The van der Waals surface area contributed by atoms with Gasteiger partial charge in [-0.1, -0.05) is 18.2 Å². The number of fused-ring (bicyclic) bond motifs is 1. The molecule has 108 valence electrons. The van der Waals surface area contributed by atoms with Gasteiger partial charge in [0.1, 0.15) is 17.1 Å². The summed E-state index contributed by atoms with van der Waals surface area (Å²) in [6.45, 7) is 0. The van der Waals surface area contributed by atoms with Crippen LogP contribution in [0.15, 0.2) is 42.5 Å². The molecule has 0 saturated carbocycles. The summed E-state index contributed by atoms with van der Waals surface area (Å²) in [6, 6.07) is 14.2. The zero-order valence-corrected chi connectivity index (χ0v) is 14.4. The number of hydrogen-bond donors (Lipinski definition) is 0. The van der Waals surface area contributed by atoms with Crippen molar-refractivity contribution in [2.24, 2.45) is 0 Å². The molecule has 0 atom stereocenters. The van der Waals surface area contributed by atoms with Crippen LogP contribution in [0.2, 0.25) is 0 Å². The van der Waals surface area contributed by atoms with Gasteiger partial charge in [0.2, 0.25) is 0 Å². The van der Waals surface area contributed by atoms with Crippen LogP contribution in [0, 0.1) is 3.57 Å². The van der Waals surface area contributed by atoms with Crippen LogP contribution in [0.5, 0.6) is 5.75 Å². The second kappa shape index (κ2) is 6.23. The van der Waals surface area contributed by atoms with Gasteiger partial charge in [0, 0.05) is 15.9 Å². The predicted molar refractivity (Wildman–Crippen MR) is 94.8 cm³/mol. The highest BCUT2D eigenvalue weighted by atomic mass is 127. The molecule has 2 aromatic carbocycles. The molecule has 5 heteroatoms. The average molecular weight is 413 g/mol. The van der Waals surface area contributed by atoms with Crippen molar-refractivity contribution in [1.29, 1.82) is 0 Å². The van der Waals surface area contributed by atoms with Crippen molar-refractivity contribution >= 4 is 45.2 Å². The van der Waals surface area contributed by atoms with Crippen molar-refractivity contribution in [2.45, 2.75) is 6.42 Å². The van der Waals surface area contributed by atoms with Gasteiger partial charge < -0.3 is 4.74 Å². The van der Waals surface area contributed by atoms with Crippen molar-refractivity contribution < 1.29 is 4.74 Å². The monoisotopic (exact) mass is 412 g/mol. The van der Waals surface area contributed by atoms with E-state index in [1.807, 2.05) is 24.3 Å². The van der Waals surface area contributed by atoms with Crippen molar-refractivity contribution in [3.05, 3.63) is 51.9 Å². The Morgan fingerprint density at radius 2 is 2.00 bits per heavy atom. The highest BCUT2D eigenvalue weighted by molar-refractivity contribution is 14.1. The van der Waals surface area contributed by atoms with E-state index < -0.39 is 0 Å². The minimum Gasteiger partial charge on any atom is -0.494 e. The summed E-state index contributed by atoms with van der Waals surface area (Å²) >= 11 is 8.29. The summed E-state index contributed by atoms with van der Waals surface area (Å²) in [4.78, 5) is 4.74. The number of imidazole rings is 1. The molecule has 0 amide bonds. The molecule has 21 heavy (non-hydrogen) atoms. The molecule has 0 aliphatic rings. The number of aromatic nitrogens is 2. The lowest BCUT2D eigenvalue weighted by atomic mass is 10.2. The first-order chi connectivity index (χ1) is 10.3. The highest BCUT2D eigenvalue weighted by Crippen LogP contribution is 2.30. The van der Waals surface area contributed by atoms with Crippen LogP contribution in [0.3, 0.4) is 0 Å². The number of rotatable bonds is 4. The Bertz CT molecular complexity index is 785. The largest absolute Gasteiger partial charge is 0.494 e. The maximum Gasteiger partial charge on any atom is 0.146 e. The molecule has 3 rings (SSSR count). The lowest BCUT2D eigenvalue weighted by molar-refractivity contribution is 0.419. The normalized spacial score (nSPS) is 11.0. The molecule has 1 heterocycles. The molecule has 0 spiro atoms. The first kappa shape index (κ1) is 14.7. The summed E-state index contributed by atoms with van der Waals surface area (Å²) in [6.07, 6.45) is 0.713. The fourth-order valence-electron chi connectivity index (χ4n) is 2.44. The molecular weight excluding hydrogens is 399 g/mol. The van der Waals surface area contributed by atoms with Gasteiger partial charge in [0.05, 0.1) is 18.3 Å². The maximum absolute atomic E-state index is 5.95. The molecule has 0 aliphatic heterocycles. The zero-order valence-electron chi connectivity index (χ0n) is 11.5. The molecule has 0 bridgehead atoms. The fraction of sp³-hybridized carbons (Fsp3) is 0.188. The van der Waals surface area contributed by atoms with Gasteiger partial charge in [0.25, 0.3) is 0 Å². The van der Waals surface area contributed by atoms with E-state index in [0.717, 1.165) is 28.3 Å². The van der Waals surface area contributed by atoms with Crippen LogP contribution < -0.4 is 4.74 Å². The van der Waals surface area contributed by atoms with Crippen molar-refractivity contribution in [2.75, 3.05) is 13.0 Å². The van der Waals surface area contributed by atoms with Gasteiger partial charge in [-0.3, -0.25) is 4.57 Å². The minimum absolute atomic E-state index is 0.537. The van der Waals surface area contributed by atoms with Crippen molar-refractivity contribution in [1.82, 2.24) is 9.55 Å². The predicted octanol–water partition coefficient (Wildman–Crippen LogP) is 4.42. The number of nitrogens with zero attached hydrogens (tertiary/aromatic N) is 2. The second-order valence-corrected chi connectivity index (χ2v) is 6.12. The number of para-hydroxylation sites is 2. The molecule has 0 aliphatic carbocycles. The number of ether oxygens (including phenoxy) is 1. The van der Waals surface area contributed by atoms with Crippen LogP contribution >= 0.6 is 34.2 Å². The molecule has 3 aromatic rings. The van der Waals surface area contributed by atoms with Crippen LogP contribution in [0.25, 0.3) is 16.7 Å². The van der Waals surface area contributed by atoms with E-state index in [1.54, 1.807) is 7.11 Å². The van der Waals surface area contributed by atoms with Crippen LogP contribution in [0.4, 0.5) is 0 Å². The van der Waals surface area contributed by atoms with E-state index >= 15 is 0 Å². The number of alkyl halides is 1. The summed E-state index contributed by atoms with van der Waals surface area (Å²) in [5.41, 5.74) is 3.03. The Kier molecular flexibility index (Phi) is 4.35. The number of aryl methyl sites for hydroxylation is 1. The van der Waals surface area contributed by atoms with E-state index in [9.17, 15) is 0 Å². The van der Waals surface area contributed by atoms with E-state index in [0.29, 0.717) is 12.3 Å². The van der Waals surface area contributed by atoms with E-state index in [4.69, 9.17) is 21.3 Å². The number of methoxy groups -OCH3 is 1. The third-order valence-electron chi connectivity index (χ3n) is 3.35. The fourth-order valence-corrected chi connectivity index (χ4v) is 3.24. The lowest BCUT2D eigenvalue weighted by Gasteiger charge is -2.10. The van der Waals surface area contributed by atoms with Crippen LogP contribution in [-0.2, 0) is 6.42 Å². The Morgan fingerprint density at radius 1 is 1.19 bits per heavy atom. The minimum atomic E-state index is 0.537. The van der Waals surface area contributed by atoms with Crippen LogP contribution in [-0.4, -0.2) is 22.5 Å². The molecule has 0 saturated heterocycles. The Labute approximate surface area is 142 Å². The van der Waals surface area contributed by atoms with E-state index in [1.165, 1.54) is 3.57 Å². The molecular formula is C16H14ClIN2O. The Hall–Kier alpha value is -1.27. The van der Waals surface area contributed by atoms with E-state index in [2.05, 4.69) is 45.4 Å². The first-order valence-corrected chi connectivity index (χ1v) is 8.22. The third kappa shape index (κ3) is 2.62. The molecule has 0 radical (unpaired) electrons. The number of hydrogen-bond acceptors (Lipinski definition) is 2.